The van der Waals surface area contributed by atoms with Gasteiger partial charge >= 0.3 is 30.0 Å². The highest BCUT2D eigenvalue weighted by molar-refractivity contribution is 5.69. The first-order valence-corrected chi connectivity index (χ1v) is 11.7. The van der Waals surface area contributed by atoms with Crippen LogP contribution in [-0.2, 0) is 57.1 Å². The quantitative estimate of drug-likeness (QED) is 0.210. The van der Waals surface area contributed by atoms with Crippen LogP contribution in [0.1, 0.15) is 48.5 Å². The smallest absolute Gasteiger partial charge is 0.407 e. The highest BCUT2D eigenvalue weighted by atomic mass is 16.7. The molecule has 1 aliphatic rings. The zero-order valence-corrected chi connectivity index (χ0v) is 22.2. The number of rotatable bonds is 12. The molecule has 0 radical (unpaired) electrons. The Labute approximate surface area is 215 Å². The second kappa shape index (κ2) is 15.3. The summed E-state index contributed by atoms with van der Waals surface area (Å²) in [7, 11) is 0. The molecule has 0 saturated carbocycles. The second-order valence-electron chi connectivity index (χ2n) is 8.98. The molecule has 14 nitrogen and oxygen atoms in total. The summed E-state index contributed by atoms with van der Waals surface area (Å²) in [6.45, 7) is 9.79. The summed E-state index contributed by atoms with van der Waals surface area (Å²) in [5, 5.41) is 2.54. The van der Waals surface area contributed by atoms with E-state index >= 15 is 0 Å². The van der Waals surface area contributed by atoms with Gasteiger partial charge in [0.25, 0.3) is 0 Å². The van der Waals surface area contributed by atoms with Crippen LogP contribution in [0, 0.1) is 0 Å². The molecule has 1 amide bonds. The minimum atomic E-state index is -1.32. The van der Waals surface area contributed by atoms with Gasteiger partial charge in [-0.1, -0.05) is 0 Å². The van der Waals surface area contributed by atoms with Crippen LogP contribution in [-0.4, -0.2) is 99.2 Å². The van der Waals surface area contributed by atoms with Crippen molar-refractivity contribution in [3.05, 3.63) is 0 Å². The Balaban J connectivity index is 2.83. The highest BCUT2D eigenvalue weighted by Gasteiger charge is 2.52. The van der Waals surface area contributed by atoms with Gasteiger partial charge in [0.1, 0.15) is 18.3 Å². The maximum Gasteiger partial charge on any atom is 0.407 e. The number of ether oxygens (including phenoxy) is 8. The third-order valence-corrected chi connectivity index (χ3v) is 4.37. The van der Waals surface area contributed by atoms with Gasteiger partial charge in [-0.15, -0.1) is 0 Å². The average molecular weight is 536 g/mol. The van der Waals surface area contributed by atoms with Gasteiger partial charge in [-0.3, -0.25) is 19.2 Å². The van der Waals surface area contributed by atoms with Crippen LogP contribution < -0.4 is 5.32 Å². The maximum atomic E-state index is 11.8. The molecule has 0 aromatic rings. The molecule has 212 valence electrons. The van der Waals surface area contributed by atoms with Gasteiger partial charge in [0.2, 0.25) is 0 Å². The molecule has 37 heavy (non-hydrogen) atoms. The van der Waals surface area contributed by atoms with Crippen LogP contribution >= 0.6 is 0 Å². The predicted molar refractivity (Wildman–Crippen MR) is 123 cm³/mol. The molecule has 0 aliphatic carbocycles. The lowest BCUT2D eigenvalue weighted by atomic mass is 9.98. The topological polar surface area (TPSA) is 171 Å². The van der Waals surface area contributed by atoms with E-state index in [1.54, 1.807) is 20.8 Å². The van der Waals surface area contributed by atoms with Gasteiger partial charge < -0.3 is 43.2 Å². The number of hydrogen-bond acceptors (Lipinski definition) is 13. The Bertz CT molecular complexity index is 794. The first-order valence-electron chi connectivity index (χ1n) is 11.7. The first kappa shape index (κ1) is 32.1. The number of amides is 1. The van der Waals surface area contributed by atoms with Gasteiger partial charge in [-0.25, -0.2) is 4.79 Å². The van der Waals surface area contributed by atoms with Crippen molar-refractivity contribution in [3.63, 3.8) is 0 Å². The Morgan fingerprint density at radius 1 is 0.757 bits per heavy atom. The van der Waals surface area contributed by atoms with E-state index in [4.69, 9.17) is 37.9 Å². The lowest BCUT2D eigenvalue weighted by Gasteiger charge is -2.44. The van der Waals surface area contributed by atoms with Crippen LogP contribution in [0.5, 0.6) is 0 Å². The second-order valence-corrected chi connectivity index (χ2v) is 8.98. The molecule has 0 bridgehead atoms. The van der Waals surface area contributed by atoms with Gasteiger partial charge in [-0.05, 0) is 20.8 Å². The summed E-state index contributed by atoms with van der Waals surface area (Å²) in [6, 6.07) is 0. The molecule has 0 unspecified atom stereocenters. The van der Waals surface area contributed by atoms with E-state index in [-0.39, 0.29) is 33.0 Å². The number of carbonyl (C=O) groups is 5. The Morgan fingerprint density at radius 2 is 1.32 bits per heavy atom. The van der Waals surface area contributed by atoms with E-state index in [1.807, 2.05) is 0 Å². The van der Waals surface area contributed by atoms with Gasteiger partial charge in [-0.2, -0.15) is 0 Å². The number of carbonyl (C=O) groups excluding carboxylic acids is 5. The largest absolute Gasteiger partial charge is 0.463 e. The molecular weight excluding hydrogens is 498 g/mol. The van der Waals surface area contributed by atoms with Crippen LogP contribution in [0.4, 0.5) is 4.79 Å². The van der Waals surface area contributed by atoms with E-state index in [2.05, 4.69) is 5.32 Å². The normalized spacial score (nSPS) is 23.4. The zero-order valence-electron chi connectivity index (χ0n) is 22.2. The first-order chi connectivity index (χ1) is 17.2. The monoisotopic (exact) mass is 535 g/mol. The summed E-state index contributed by atoms with van der Waals surface area (Å²) in [5.74, 6) is -2.83. The molecule has 1 saturated heterocycles. The number of hydrogen-bond donors (Lipinski definition) is 1. The summed E-state index contributed by atoms with van der Waals surface area (Å²) < 4.78 is 42.9. The van der Waals surface area contributed by atoms with Crippen molar-refractivity contribution in [3.8, 4) is 0 Å². The summed E-state index contributed by atoms with van der Waals surface area (Å²) in [5.41, 5.74) is -0.622. The van der Waals surface area contributed by atoms with E-state index < -0.39 is 66.3 Å². The molecule has 0 spiro atoms. The lowest BCUT2D eigenvalue weighted by Crippen LogP contribution is -2.63. The van der Waals surface area contributed by atoms with Gasteiger partial charge in [0.05, 0.1) is 19.8 Å². The SMILES string of the molecule is CC(=O)OC[C@H]1O[C@@H](OCCOCCNC(=O)OC(C)(C)C)[C@H](OC(C)=O)[C@@H](OC(C)=O)[C@@H]1OC(C)=O. The number of esters is 4. The molecular formula is C23H37NO13. The van der Waals surface area contributed by atoms with Crippen molar-refractivity contribution in [1.29, 1.82) is 0 Å². The van der Waals surface area contributed by atoms with E-state index in [9.17, 15) is 24.0 Å². The molecule has 1 rings (SSSR count). The van der Waals surface area contributed by atoms with E-state index in [1.165, 1.54) is 6.92 Å². The molecule has 0 aromatic heterocycles. The Morgan fingerprint density at radius 3 is 1.86 bits per heavy atom. The summed E-state index contributed by atoms with van der Waals surface area (Å²) >= 11 is 0. The van der Waals surface area contributed by atoms with E-state index in [0.29, 0.717) is 0 Å². The summed E-state index contributed by atoms with van der Waals surface area (Å²) in [4.78, 5) is 58.3. The molecule has 1 N–H and O–H groups in total. The molecule has 1 fully saturated rings. The number of alkyl carbamates (subject to hydrolysis) is 1. The highest BCUT2D eigenvalue weighted by Crippen LogP contribution is 2.29. The van der Waals surface area contributed by atoms with Crippen molar-refractivity contribution >= 4 is 30.0 Å². The van der Waals surface area contributed by atoms with Crippen molar-refractivity contribution in [2.45, 2.75) is 84.8 Å². The number of nitrogens with one attached hydrogen (secondary N) is 1. The predicted octanol–water partition coefficient (Wildman–Crippen LogP) is 0.627. The molecule has 0 aromatic carbocycles. The minimum Gasteiger partial charge on any atom is -0.463 e. The van der Waals surface area contributed by atoms with Gasteiger partial charge in [0.15, 0.2) is 24.6 Å². The van der Waals surface area contributed by atoms with Crippen LogP contribution in [0.2, 0.25) is 0 Å². The fraction of sp³-hybridized carbons (Fsp3) is 0.783. The Hall–Kier alpha value is -2.97. The van der Waals surface area contributed by atoms with Crippen molar-refractivity contribution < 1.29 is 61.9 Å². The lowest BCUT2D eigenvalue weighted by molar-refractivity contribution is -0.309. The maximum absolute atomic E-state index is 11.8. The molecule has 5 atom stereocenters. The van der Waals surface area contributed by atoms with Gasteiger partial charge in [0, 0.05) is 34.2 Å². The van der Waals surface area contributed by atoms with Crippen molar-refractivity contribution in [2.24, 2.45) is 0 Å². The van der Waals surface area contributed by atoms with Crippen LogP contribution in [0.15, 0.2) is 0 Å². The van der Waals surface area contributed by atoms with E-state index in [0.717, 1.165) is 20.8 Å². The van der Waals surface area contributed by atoms with Crippen molar-refractivity contribution in [2.75, 3.05) is 33.0 Å². The molecule has 14 heteroatoms. The van der Waals surface area contributed by atoms with Crippen LogP contribution in [0.25, 0.3) is 0 Å². The third kappa shape index (κ3) is 13.2. The van der Waals surface area contributed by atoms with Crippen LogP contribution in [0.3, 0.4) is 0 Å². The zero-order chi connectivity index (χ0) is 28.2. The summed E-state index contributed by atoms with van der Waals surface area (Å²) in [6.07, 6.45) is -6.86. The average Bonchev–Trinajstić information content (AvgIpc) is 2.73. The standard InChI is InChI=1S/C23H37NO13/c1-13(25)32-12-17-18(33-14(2)26)19(34-15(3)27)20(35-16(4)28)21(36-17)31-11-10-30-9-8-24-22(29)37-23(5,6)7/h17-21H,8-12H2,1-7H3,(H,24,29)/t17-,18-,19+,20-,21-/m1/s1. The fourth-order valence-electron chi connectivity index (χ4n) is 3.19. The molecule has 1 aliphatic heterocycles. The van der Waals surface area contributed by atoms with Crippen molar-refractivity contribution in [1.82, 2.24) is 5.32 Å². The Kier molecular flexibility index (Phi) is 13.3. The molecule has 1 heterocycles. The fourth-order valence-corrected chi connectivity index (χ4v) is 3.19. The minimum absolute atomic E-state index is 0.0554. The third-order valence-electron chi connectivity index (χ3n) is 4.37.